The highest BCUT2D eigenvalue weighted by atomic mass is 32.2. The summed E-state index contributed by atoms with van der Waals surface area (Å²) in [5.41, 5.74) is 1.10. The Hall–Kier alpha value is -1.89. The first-order valence-corrected chi connectivity index (χ1v) is 8.48. The normalized spacial score (nSPS) is 11.4. The molecule has 0 unspecified atom stereocenters. The molecule has 0 aliphatic heterocycles. The van der Waals surface area contributed by atoms with Gasteiger partial charge in [-0.25, -0.2) is 13.1 Å². The van der Waals surface area contributed by atoms with Crippen LogP contribution in [0.25, 0.3) is 0 Å². The molecule has 118 valence electrons. The monoisotopic (exact) mass is 320 g/mol. The van der Waals surface area contributed by atoms with Crippen LogP contribution in [0.15, 0.2) is 53.4 Å². The summed E-state index contributed by atoms with van der Waals surface area (Å²) in [6, 6.07) is 14.0. The summed E-state index contributed by atoms with van der Waals surface area (Å²) in [4.78, 5) is 0.222. The fourth-order valence-corrected chi connectivity index (χ4v) is 2.93. The Bertz CT molecular complexity index is 712. The summed E-state index contributed by atoms with van der Waals surface area (Å²) in [6.07, 6.45) is 0. The fourth-order valence-electron chi connectivity index (χ4n) is 1.90. The molecule has 22 heavy (non-hydrogen) atoms. The van der Waals surface area contributed by atoms with Crippen LogP contribution in [0.4, 0.5) is 0 Å². The van der Waals surface area contributed by atoms with Crippen LogP contribution in [0.3, 0.4) is 0 Å². The highest BCUT2D eigenvalue weighted by Crippen LogP contribution is 2.23. The topological polar surface area (TPSA) is 67.4 Å². The molecule has 0 amide bonds. The van der Waals surface area contributed by atoms with Crippen molar-refractivity contribution in [2.45, 2.75) is 11.8 Å². The second-order valence-electron chi connectivity index (χ2n) is 4.89. The number of hydrogen-bond donors (Lipinski definition) is 2. The quantitative estimate of drug-likeness (QED) is 0.768. The Morgan fingerprint density at radius 3 is 2.36 bits per heavy atom. The van der Waals surface area contributed by atoms with E-state index in [4.69, 9.17) is 4.74 Å². The van der Waals surface area contributed by atoms with E-state index in [0.717, 1.165) is 11.3 Å². The van der Waals surface area contributed by atoms with Crippen LogP contribution in [-0.2, 0) is 10.0 Å². The molecule has 0 fully saturated rings. The molecule has 0 bridgehead atoms. The lowest BCUT2D eigenvalue weighted by atomic mass is 10.2. The molecule has 0 heterocycles. The zero-order valence-corrected chi connectivity index (χ0v) is 13.5. The molecule has 2 aromatic carbocycles. The van der Waals surface area contributed by atoms with Gasteiger partial charge in [-0.05, 0) is 55.9 Å². The van der Waals surface area contributed by atoms with E-state index in [1.807, 2.05) is 31.2 Å². The fraction of sp³-hybridized carbons (Fsp3) is 0.250. The number of likely N-dealkylation sites (N-methyl/N-ethyl adjacent to an activating group) is 1. The number of aryl methyl sites for hydroxylation is 1. The minimum Gasteiger partial charge on any atom is -0.457 e. The van der Waals surface area contributed by atoms with E-state index in [2.05, 4.69) is 10.0 Å². The van der Waals surface area contributed by atoms with Crippen LogP contribution in [0.2, 0.25) is 0 Å². The first-order valence-electron chi connectivity index (χ1n) is 7.00. The Morgan fingerprint density at radius 1 is 1.00 bits per heavy atom. The number of sulfonamides is 1. The minimum absolute atomic E-state index is 0.222. The summed E-state index contributed by atoms with van der Waals surface area (Å²) in [5.74, 6) is 1.32. The first-order chi connectivity index (χ1) is 10.5. The van der Waals surface area contributed by atoms with E-state index >= 15 is 0 Å². The van der Waals surface area contributed by atoms with E-state index in [9.17, 15) is 8.42 Å². The molecule has 6 heteroatoms. The van der Waals surface area contributed by atoms with Crippen molar-refractivity contribution in [1.29, 1.82) is 0 Å². The Labute approximate surface area is 131 Å². The number of nitrogens with one attached hydrogen (secondary N) is 2. The molecule has 0 aliphatic rings. The van der Waals surface area contributed by atoms with Crippen molar-refractivity contribution in [2.24, 2.45) is 0 Å². The second-order valence-corrected chi connectivity index (χ2v) is 6.66. The predicted octanol–water partition coefficient (Wildman–Crippen LogP) is 2.29. The van der Waals surface area contributed by atoms with Gasteiger partial charge in [0.2, 0.25) is 10.0 Å². The Kier molecular flexibility index (Phi) is 5.54. The molecule has 2 N–H and O–H groups in total. The lowest BCUT2D eigenvalue weighted by Crippen LogP contribution is -2.30. The average molecular weight is 320 g/mol. The van der Waals surface area contributed by atoms with Gasteiger partial charge in [-0.15, -0.1) is 0 Å². The van der Waals surface area contributed by atoms with Gasteiger partial charge >= 0.3 is 0 Å². The van der Waals surface area contributed by atoms with Crippen LogP contribution >= 0.6 is 0 Å². The molecular formula is C16H20N2O3S. The first kappa shape index (κ1) is 16.5. The van der Waals surface area contributed by atoms with Crippen molar-refractivity contribution in [1.82, 2.24) is 10.0 Å². The molecule has 0 saturated carbocycles. The second kappa shape index (κ2) is 7.40. The van der Waals surface area contributed by atoms with Gasteiger partial charge in [0, 0.05) is 13.1 Å². The number of benzene rings is 2. The van der Waals surface area contributed by atoms with Crippen molar-refractivity contribution in [3.8, 4) is 11.5 Å². The van der Waals surface area contributed by atoms with Crippen molar-refractivity contribution in [3.63, 3.8) is 0 Å². The third-order valence-corrected chi connectivity index (χ3v) is 4.50. The van der Waals surface area contributed by atoms with Gasteiger partial charge in [0.15, 0.2) is 0 Å². The molecule has 0 aliphatic carbocycles. The van der Waals surface area contributed by atoms with Crippen LogP contribution in [0, 0.1) is 6.92 Å². The molecule has 0 atom stereocenters. The summed E-state index contributed by atoms with van der Waals surface area (Å²) in [5, 5.41) is 2.89. The standard InChI is InChI=1S/C16H20N2O3S/c1-13-4-3-5-15(12-13)21-14-6-8-16(9-7-14)22(19,20)18-11-10-17-2/h3-9,12,17-18H,10-11H2,1-2H3. The maximum atomic E-state index is 12.0. The van der Waals surface area contributed by atoms with Crippen molar-refractivity contribution >= 4 is 10.0 Å². The van der Waals surface area contributed by atoms with Gasteiger partial charge in [0.05, 0.1) is 4.90 Å². The molecule has 0 aromatic heterocycles. The largest absolute Gasteiger partial charge is 0.457 e. The van der Waals surface area contributed by atoms with E-state index < -0.39 is 10.0 Å². The predicted molar refractivity (Wildman–Crippen MR) is 86.8 cm³/mol. The zero-order chi connectivity index (χ0) is 16.0. The summed E-state index contributed by atoms with van der Waals surface area (Å²) < 4.78 is 32.3. The van der Waals surface area contributed by atoms with Gasteiger partial charge in [-0.2, -0.15) is 0 Å². The van der Waals surface area contributed by atoms with Gasteiger partial charge in [0.25, 0.3) is 0 Å². The van der Waals surface area contributed by atoms with Gasteiger partial charge < -0.3 is 10.1 Å². The molecule has 2 rings (SSSR count). The van der Waals surface area contributed by atoms with Crippen LogP contribution < -0.4 is 14.8 Å². The van der Waals surface area contributed by atoms with E-state index in [1.54, 1.807) is 19.2 Å². The summed E-state index contributed by atoms with van der Waals surface area (Å²) >= 11 is 0. The highest BCUT2D eigenvalue weighted by Gasteiger charge is 2.13. The van der Waals surface area contributed by atoms with E-state index in [1.165, 1.54) is 12.1 Å². The lowest BCUT2D eigenvalue weighted by molar-refractivity contribution is 0.481. The Morgan fingerprint density at radius 2 is 1.73 bits per heavy atom. The van der Waals surface area contributed by atoms with Crippen LogP contribution in [0.1, 0.15) is 5.56 Å². The average Bonchev–Trinajstić information content (AvgIpc) is 2.48. The smallest absolute Gasteiger partial charge is 0.240 e. The lowest BCUT2D eigenvalue weighted by Gasteiger charge is -2.09. The van der Waals surface area contributed by atoms with Crippen molar-refractivity contribution in [2.75, 3.05) is 20.1 Å². The third-order valence-electron chi connectivity index (χ3n) is 3.03. The van der Waals surface area contributed by atoms with Crippen molar-refractivity contribution in [3.05, 3.63) is 54.1 Å². The Balaban J connectivity index is 2.07. The molecule has 0 spiro atoms. The van der Waals surface area contributed by atoms with Gasteiger partial charge in [-0.3, -0.25) is 0 Å². The summed E-state index contributed by atoms with van der Waals surface area (Å²) in [7, 11) is -1.70. The van der Waals surface area contributed by atoms with Crippen LogP contribution in [0.5, 0.6) is 11.5 Å². The highest BCUT2D eigenvalue weighted by molar-refractivity contribution is 7.89. The van der Waals surface area contributed by atoms with Gasteiger partial charge in [-0.1, -0.05) is 12.1 Å². The van der Waals surface area contributed by atoms with E-state index in [-0.39, 0.29) is 4.90 Å². The molecule has 2 aromatic rings. The minimum atomic E-state index is -3.47. The molecule has 0 radical (unpaired) electrons. The number of ether oxygens (including phenoxy) is 1. The molecule has 0 saturated heterocycles. The molecule has 5 nitrogen and oxygen atoms in total. The summed E-state index contributed by atoms with van der Waals surface area (Å²) in [6.45, 7) is 2.91. The number of rotatable bonds is 7. The van der Waals surface area contributed by atoms with Crippen molar-refractivity contribution < 1.29 is 13.2 Å². The van der Waals surface area contributed by atoms with Gasteiger partial charge in [0.1, 0.15) is 11.5 Å². The van der Waals surface area contributed by atoms with Crippen LogP contribution in [-0.4, -0.2) is 28.6 Å². The third kappa shape index (κ3) is 4.56. The zero-order valence-electron chi connectivity index (χ0n) is 12.7. The maximum Gasteiger partial charge on any atom is 0.240 e. The SMILES string of the molecule is CNCCNS(=O)(=O)c1ccc(Oc2cccc(C)c2)cc1. The molecular weight excluding hydrogens is 300 g/mol. The maximum absolute atomic E-state index is 12.0. The number of hydrogen-bond acceptors (Lipinski definition) is 4. The van der Waals surface area contributed by atoms with E-state index in [0.29, 0.717) is 18.8 Å².